The van der Waals surface area contributed by atoms with Gasteiger partial charge in [0.1, 0.15) is 11.2 Å². The second-order valence-electron chi connectivity index (χ2n) is 11.2. The van der Waals surface area contributed by atoms with Gasteiger partial charge in [0.2, 0.25) is 0 Å². The van der Waals surface area contributed by atoms with Gasteiger partial charge in [0.05, 0.1) is 22.1 Å². The maximum absolute atomic E-state index is 6.37. The second-order valence-corrected chi connectivity index (χ2v) is 11.2. The van der Waals surface area contributed by atoms with Crippen LogP contribution in [0.15, 0.2) is 144 Å². The van der Waals surface area contributed by atoms with Crippen LogP contribution in [0.4, 0.5) is 0 Å². The average Bonchev–Trinajstić information content (AvgIpc) is 3.70. The molecule has 7 aromatic carbocycles. The number of nitrogens with zero attached hydrogens (tertiary/aromatic N) is 1. The van der Waals surface area contributed by atoms with E-state index in [0.717, 1.165) is 27.6 Å². The Morgan fingerprint density at radius 2 is 1.00 bits per heavy atom. The van der Waals surface area contributed by atoms with Crippen LogP contribution in [0.3, 0.4) is 0 Å². The van der Waals surface area contributed by atoms with Crippen molar-refractivity contribution in [3.63, 3.8) is 0 Å². The molecule has 2 heterocycles. The van der Waals surface area contributed by atoms with Gasteiger partial charge >= 0.3 is 0 Å². The molecule has 9 aromatic rings. The van der Waals surface area contributed by atoms with Crippen molar-refractivity contribution in [2.45, 2.75) is 0 Å². The van der Waals surface area contributed by atoms with Gasteiger partial charge in [-0.05, 0) is 68.9 Å². The molecule has 0 saturated heterocycles. The van der Waals surface area contributed by atoms with Crippen molar-refractivity contribution in [3.8, 4) is 39.1 Å². The van der Waals surface area contributed by atoms with E-state index in [-0.39, 0.29) is 0 Å². The highest BCUT2D eigenvalue weighted by atomic mass is 16.3. The second kappa shape index (κ2) is 7.99. The molecule has 42 heavy (non-hydrogen) atoms. The van der Waals surface area contributed by atoms with Crippen molar-refractivity contribution in [1.82, 2.24) is 4.57 Å². The maximum Gasteiger partial charge on any atom is 0.137 e. The molecule has 0 atom stereocenters. The largest absolute Gasteiger partial charge is 0.456 e. The Morgan fingerprint density at radius 1 is 0.357 bits per heavy atom. The number of hydrogen-bond donors (Lipinski definition) is 0. The van der Waals surface area contributed by atoms with E-state index in [0.29, 0.717) is 0 Å². The fraction of sp³-hybridized carbons (Fsp3) is 0. The third kappa shape index (κ3) is 2.74. The van der Waals surface area contributed by atoms with Crippen LogP contribution in [0.2, 0.25) is 0 Å². The Kier molecular flexibility index (Phi) is 4.21. The summed E-state index contributed by atoms with van der Waals surface area (Å²) in [6, 6.07) is 50.5. The lowest BCUT2D eigenvalue weighted by molar-refractivity contribution is 0.669. The summed E-state index contributed by atoms with van der Waals surface area (Å²) in [7, 11) is 0. The zero-order chi connectivity index (χ0) is 27.4. The minimum Gasteiger partial charge on any atom is -0.456 e. The van der Waals surface area contributed by atoms with Gasteiger partial charge in [-0.3, -0.25) is 0 Å². The molecule has 1 aliphatic carbocycles. The van der Waals surface area contributed by atoms with Gasteiger partial charge in [-0.1, -0.05) is 109 Å². The third-order valence-electron chi connectivity index (χ3n) is 9.16. The van der Waals surface area contributed by atoms with E-state index in [1.54, 1.807) is 0 Å². The smallest absolute Gasteiger partial charge is 0.137 e. The first-order valence-corrected chi connectivity index (χ1v) is 14.5. The van der Waals surface area contributed by atoms with Gasteiger partial charge in [0, 0.05) is 21.7 Å². The molecule has 0 amide bonds. The highest BCUT2D eigenvalue weighted by Crippen LogP contribution is 2.50. The Labute approximate surface area is 241 Å². The fourth-order valence-electron chi connectivity index (χ4n) is 7.45. The van der Waals surface area contributed by atoms with Gasteiger partial charge in [0.15, 0.2) is 0 Å². The molecule has 0 fully saturated rings. The van der Waals surface area contributed by atoms with Crippen LogP contribution >= 0.6 is 0 Å². The van der Waals surface area contributed by atoms with Crippen LogP contribution in [-0.4, -0.2) is 4.57 Å². The summed E-state index contributed by atoms with van der Waals surface area (Å²) in [5, 5.41) is 7.40. The third-order valence-corrected chi connectivity index (χ3v) is 9.16. The van der Waals surface area contributed by atoms with Crippen LogP contribution in [0, 0.1) is 0 Å². The van der Waals surface area contributed by atoms with Gasteiger partial charge in [-0.25, -0.2) is 0 Å². The highest BCUT2D eigenvalue weighted by Gasteiger charge is 2.24. The molecule has 0 saturated carbocycles. The standard InChI is InChI=1S/C40H23NO/c1-2-11-25-24(10-1)29-15-9-16-30-26(20-21-31(25)38(29)30)27-12-3-6-17-34(27)41-35-18-7-4-13-28(35)32-22-23-37-39(40(32)41)33-14-5-8-19-36(33)42-37/h1-23H. The number of furan rings is 1. The lowest BCUT2D eigenvalue weighted by Gasteiger charge is -2.16. The number of rotatable bonds is 2. The summed E-state index contributed by atoms with van der Waals surface area (Å²) in [6.07, 6.45) is 0. The topological polar surface area (TPSA) is 18.1 Å². The minimum absolute atomic E-state index is 0.910. The quantitative estimate of drug-likeness (QED) is 0.216. The Balaban J connectivity index is 1.35. The minimum atomic E-state index is 0.910. The molecule has 2 heteroatoms. The van der Waals surface area contributed by atoms with E-state index in [1.807, 2.05) is 6.07 Å². The number of benzene rings is 7. The first-order valence-electron chi connectivity index (χ1n) is 14.5. The summed E-state index contributed by atoms with van der Waals surface area (Å²) in [4.78, 5) is 0. The lowest BCUT2D eigenvalue weighted by atomic mass is 9.93. The van der Waals surface area contributed by atoms with Gasteiger partial charge in [0.25, 0.3) is 0 Å². The molecule has 10 rings (SSSR count). The molecule has 0 aliphatic heterocycles. The monoisotopic (exact) mass is 533 g/mol. The molecule has 0 unspecified atom stereocenters. The highest BCUT2D eigenvalue weighted by molar-refractivity contribution is 6.25. The van der Waals surface area contributed by atoms with Gasteiger partial charge in [-0.2, -0.15) is 0 Å². The van der Waals surface area contributed by atoms with Crippen molar-refractivity contribution in [2.75, 3.05) is 0 Å². The molecule has 0 spiro atoms. The predicted molar refractivity (Wildman–Crippen MR) is 175 cm³/mol. The molecule has 2 aromatic heterocycles. The number of fused-ring (bicyclic) bond motifs is 10. The van der Waals surface area contributed by atoms with Crippen LogP contribution in [-0.2, 0) is 0 Å². The van der Waals surface area contributed by atoms with Crippen molar-refractivity contribution >= 4 is 54.5 Å². The van der Waals surface area contributed by atoms with E-state index in [1.165, 1.54) is 66.0 Å². The molecule has 194 valence electrons. The maximum atomic E-state index is 6.37. The van der Waals surface area contributed by atoms with E-state index in [9.17, 15) is 0 Å². The number of aromatic nitrogens is 1. The normalized spacial score (nSPS) is 12.3. The van der Waals surface area contributed by atoms with E-state index in [2.05, 4.69) is 138 Å². The average molecular weight is 534 g/mol. The Bertz CT molecular complexity index is 2550. The summed E-state index contributed by atoms with van der Waals surface area (Å²) >= 11 is 0. The van der Waals surface area contributed by atoms with Crippen molar-refractivity contribution in [1.29, 1.82) is 0 Å². The molecule has 0 N–H and O–H groups in total. The summed E-state index contributed by atoms with van der Waals surface area (Å²) in [5.74, 6) is 0. The van der Waals surface area contributed by atoms with Gasteiger partial charge in [-0.15, -0.1) is 0 Å². The van der Waals surface area contributed by atoms with Crippen LogP contribution < -0.4 is 0 Å². The predicted octanol–water partition coefficient (Wildman–Crippen LogP) is 11.2. The van der Waals surface area contributed by atoms with Gasteiger partial charge < -0.3 is 8.98 Å². The molecular weight excluding hydrogens is 510 g/mol. The number of hydrogen-bond acceptors (Lipinski definition) is 1. The number of para-hydroxylation sites is 3. The first kappa shape index (κ1) is 22.1. The molecule has 1 aliphatic rings. The molecule has 0 bridgehead atoms. The first-order chi connectivity index (χ1) is 20.9. The zero-order valence-corrected chi connectivity index (χ0v) is 22.6. The van der Waals surface area contributed by atoms with Crippen LogP contribution in [0.5, 0.6) is 0 Å². The van der Waals surface area contributed by atoms with Crippen molar-refractivity contribution in [3.05, 3.63) is 140 Å². The van der Waals surface area contributed by atoms with Crippen LogP contribution in [0.25, 0.3) is 93.6 Å². The van der Waals surface area contributed by atoms with E-state index < -0.39 is 0 Å². The summed E-state index contributed by atoms with van der Waals surface area (Å²) in [5.41, 5.74) is 13.1. The fourth-order valence-corrected chi connectivity index (χ4v) is 7.45. The van der Waals surface area contributed by atoms with Crippen molar-refractivity contribution < 1.29 is 4.42 Å². The lowest BCUT2D eigenvalue weighted by Crippen LogP contribution is -1.98. The zero-order valence-electron chi connectivity index (χ0n) is 22.6. The molecule has 2 nitrogen and oxygen atoms in total. The van der Waals surface area contributed by atoms with Crippen molar-refractivity contribution in [2.24, 2.45) is 0 Å². The van der Waals surface area contributed by atoms with E-state index >= 15 is 0 Å². The Hall–Kier alpha value is -5.60. The Morgan fingerprint density at radius 3 is 1.88 bits per heavy atom. The SMILES string of the molecule is c1ccc2c(c1)-c1cccc3c(-c4ccccc4-n4c5ccccc5c5ccc6oc7ccccc7c6c54)ccc-2c13. The molecule has 0 radical (unpaired) electrons. The molecular formula is C40H23NO. The summed E-state index contributed by atoms with van der Waals surface area (Å²) < 4.78 is 8.83. The van der Waals surface area contributed by atoms with Crippen LogP contribution in [0.1, 0.15) is 0 Å². The summed E-state index contributed by atoms with van der Waals surface area (Å²) in [6.45, 7) is 0. The van der Waals surface area contributed by atoms with E-state index in [4.69, 9.17) is 4.42 Å².